The first-order chi connectivity index (χ1) is 14.3. The lowest BCUT2D eigenvalue weighted by atomic mass is 10.1. The summed E-state index contributed by atoms with van der Waals surface area (Å²) in [7, 11) is 1.55. The normalized spacial score (nSPS) is 11.2. The average molecular weight is 407 g/mol. The molecule has 0 bridgehead atoms. The zero-order valence-electron chi connectivity index (χ0n) is 17.3. The maximum Gasteiger partial charge on any atom is 0.347 e. The summed E-state index contributed by atoms with van der Waals surface area (Å²) < 4.78 is 10.9. The third-order valence-electron chi connectivity index (χ3n) is 4.82. The number of aliphatic carboxylic acids is 1. The van der Waals surface area contributed by atoms with Crippen molar-refractivity contribution in [1.29, 1.82) is 0 Å². The smallest absolute Gasteiger partial charge is 0.347 e. The second kappa shape index (κ2) is 8.86. The summed E-state index contributed by atoms with van der Waals surface area (Å²) in [5.41, 5.74) is 0.200. The van der Waals surface area contributed by atoms with Gasteiger partial charge in [0.1, 0.15) is 11.5 Å². The predicted molar refractivity (Wildman–Crippen MR) is 115 cm³/mol. The number of hydrogen-bond acceptors (Lipinski definition) is 4. The largest absolute Gasteiger partial charge is 0.496 e. The lowest BCUT2D eigenvalue weighted by Gasteiger charge is -2.21. The van der Waals surface area contributed by atoms with E-state index in [1.54, 1.807) is 19.2 Å². The van der Waals surface area contributed by atoms with Crippen LogP contribution in [0.25, 0.3) is 10.8 Å². The Labute approximate surface area is 175 Å². The number of ether oxygens (including phenoxy) is 2. The fourth-order valence-corrected chi connectivity index (χ4v) is 3.04. The highest BCUT2D eigenvalue weighted by atomic mass is 16.5. The highest BCUT2D eigenvalue weighted by molar-refractivity contribution is 6.01. The number of nitrogens with one attached hydrogen (secondary N) is 1. The van der Waals surface area contributed by atoms with E-state index < -0.39 is 11.6 Å². The number of benzene rings is 3. The quantitative estimate of drug-likeness (QED) is 0.588. The van der Waals surface area contributed by atoms with Gasteiger partial charge in [-0.2, -0.15) is 0 Å². The van der Waals surface area contributed by atoms with Crippen molar-refractivity contribution in [2.24, 2.45) is 0 Å². The molecule has 0 saturated carbocycles. The lowest BCUT2D eigenvalue weighted by Crippen LogP contribution is -2.37. The molecule has 6 heteroatoms. The molecule has 0 unspecified atom stereocenters. The Kier molecular flexibility index (Phi) is 6.26. The second-order valence-corrected chi connectivity index (χ2v) is 7.47. The van der Waals surface area contributed by atoms with Crippen LogP contribution in [-0.4, -0.2) is 36.2 Å². The molecule has 0 spiro atoms. The van der Waals surface area contributed by atoms with E-state index in [9.17, 15) is 9.59 Å². The molecule has 3 rings (SSSR count). The first-order valence-corrected chi connectivity index (χ1v) is 9.66. The Hall–Kier alpha value is -3.54. The SMILES string of the molecule is COc1cc2ccccc2cc1C(=O)NCCc1ccc(OC(C)(C)C(=O)O)cc1. The maximum atomic E-state index is 12.7. The van der Waals surface area contributed by atoms with Crippen LogP contribution >= 0.6 is 0 Å². The first kappa shape index (κ1) is 21.2. The minimum absolute atomic E-state index is 0.194. The van der Waals surface area contributed by atoms with Gasteiger partial charge in [-0.1, -0.05) is 36.4 Å². The van der Waals surface area contributed by atoms with Crippen LogP contribution in [0.2, 0.25) is 0 Å². The van der Waals surface area contributed by atoms with Gasteiger partial charge >= 0.3 is 5.97 Å². The van der Waals surface area contributed by atoms with Crippen LogP contribution < -0.4 is 14.8 Å². The van der Waals surface area contributed by atoms with Crippen LogP contribution in [0.4, 0.5) is 0 Å². The summed E-state index contributed by atoms with van der Waals surface area (Å²) in [5.74, 6) is -0.205. The van der Waals surface area contributed by atoms with Crippen molar-refractivity contribution in [3.8, 4) is 11.5 Å². The number of rotatable bonds is 8. The molecule has 0 heterocycles. The Morgan fingerprint density at radius 2 is 1.63 bits per heavy atom. The van der Waals surface area contributed by atoms with Gasteiger partial charge in [0.05, 0.1) is 12.7 Å². The van der Waals surface area contributed by atoms with E-state index in [-0.39, 0.29) is 5.91 Å². The van der Waals surface area contributed by atoms with Crippen LogP contribution in [0.3, 0.4) is 0 Å². The lowest BCUT2D eigenvalue weighted by molar-refractivity contribution is -0.152. The van der Waals surface area contributed by atoms with Gasteiger partial charge < -0.3 is 19.9 Å². The summed E-state index contributed by atoms with van der Waals surface area (Å²) >= 11 is 0. The molecule has 3 aromatic carbocycles. The molecule has 0 atom stereocenters. The molecule has 3 aromatic rings. The summed E-state index contributed by atoms with van der Waals surface area (Å²) in [5, 5.41) is 14.1. The van der Waals surface area contributed by atoms with Crippen molar-refractivity contribution in [1.82, 2.24) is 5.32 Å². The van der Waals surface area contributed by atoms with Crippen LogP contribution in [0, 0.1) is 0 Å². The molecule has 0 aliphatic rings. The number of methoxy groups -OCH3 is 1. The minimum Gasteiger partial charge on any atom is -0.496 e. The number of carboxylic acids is 1. The zero-order chi connectivity index (χ0) is 21.7. The minimum atomic E-state index is -1.30. The van der Waals surface area contributed by atoms with Gasteiger partial charge in [0, 0.05) is 6.54 Å². The number of carbonyl (C=O) groups excluding carboxylic acids is 1. The molecule has 0 saturated heterocycles. The monoisotopic (exact) mass is 407 g/mol. The van der Waals surface area contributed by atoms with E-state index in [0.717, 1.165) is 16.3 Å². The topological polar surface area (TPSA) is 84.9 Å². The molecule has 156 valence electrons. The Morgan fingerprint density at radius 1 is 1.00 bits per heavy atom. The molecule has 0 aliphatic carbocycles. The van der Waals surface area contributed by atoms with E-state index in [2.05, 4.69) is 5.32 Å². The summed E-state index contributed by atoms with van der Waals surface area (Å²) in [6.07, 6.45) is 0.629. The number of fused-ring (bicyclic) bond motifs is 1. The second-order valence-electron chi connectivity index (χ2n) is 7.47. The predicted octanol–water partition coefficient (Wildman–Crippen LogP) is 4.06. The van der Waals surface area contributed by atoms with Crippen molar-refractivity contribution in [3.63, 3.8) is 0 Å². The van der Waals surface area contributed by atoms with Crippen molar-refractivity contribution >= 4 is 22.6 Å². The standard InChI is InChI=1S/C24H25NO5/c1-24(2,23(27)28)30-19-10-8-16(9-11-19)12-13-25-22(26)20-14-17-6-4-5-7-18(17)15-21(20)29-3/h4-11,14-15H,12-13H2,1-3H3,(H,25,26)(H,27,28). The van der Waals surface area contributed by atoms with E-state index >= 15 is 0 Å². The van der Waals surface area contributed by atoms with Crippen molar-refractivity contribution in [2.45, 2.75) is 25.9 Å². The van der Waals surface area contributed by atoms with Gasteiger partial charge in [-0.3, -0.25) is 4.79 Å². The Balaban J connectivity index is 1.61. The molecular weight excluding hydrogens is 382 g/mol. The van der Waals surface area contributed by atoms with Crippen LogP contribution in [0.15, 0.2) is 60.7 Å². The zero-order valence-corrected chi connectivity index (χ0v) is 17.3. The van der Waals surface area contributed by atoms with Crippen LogP contribution in [-0.2, 0) is 11.2 Å². The fraction of sp³-hybridized carbons (Fsp3) is 0.250. The van der Waals surface area contributed by atoms with Crippen LogP contribution in [0.5, 0.6) is 11.5 Å². The van der Waals surface area contributed by atoms with E-state index in [0.29, 0.717) is 30.0 Å². The van der Waals surface area contributed by atoms with E-state index in [4.69, 9.17) is 14.6 Å². The van der Waals surface area contributed by atoms with Gasteiger partial charge in [0.25, 0.3) is 5.91 Å². The molecular formula is C24H25NO5. The number of carboxylic acid groups (broad SMARTS) is 1. The fourth-order valence-electron chi connectivity index (χ4n) is 3.04. The van der Waals surface area contributed by atoms with Gasteiger partial charge in [-0.05, 0) is 60.9 Å². The molecule has 0 fully saturated rings. The number of hydrogen-bond donors (Lipinski definition) is 2. The van der Waals surface area contributed by atoms with Gasteiger partial charge in [-0.25, -0.2) is 4.79 Å². The van der Waals surface area contributed by atoms with E-state index in [1.165, 1.54) is 13.8 Å². The van der Waals surface area contributed by atoms with E-state index in [1.807, 2.05) is 48.5 Å². The Bertz CT molecular complexity index is 1060. The van der Waals surface area contributed by atoms with Gasteiger partial charge in [0.15, 0.2) is 5.60 Å². The number of amides is 1. The molecule has 2 N–H and O–H groups in total. The molecule has 0 aromatic heterocycles. The molecule has 0 radical (unpaired) electrons. The highest BCUT2D eigenvalue weighted by Gasteiger charge is 2.29. The maximum absolute atomic E-state index is 12.7. The summed E-state index contributed by atoms with van der Waals surface area (Å²) in [6.45, 7) is 3.45. The van der Waals surface area contributed by atoms with Crippen molar-refractivity contribution in [2.75, 3.05) is 13.7 Å². The third kappa shape index (κ3) is 4.89. The molecule has 30 heavy (non-hydrogen) atoms. The Morgan fingerprint density at radius 3 is 2.23 bits per heavy atom. The van der Waals surface area contributed by atoms with Crippen molar-refractivity contribution in [3.05, 3.63) is 71.8 Å². The molecule has 6 nitrogen and oxygen atoms in total. The molecule has 1 amide bonds. The van der Waals surface area contributed by atoms with Gasteiger partial charge in [-0.15, -0.1) is 0 Å². The van der Waals surface area contributed by atoms with Crippen LogP contribution in [0.1, 0.15) is 29.8 Å². The highest BCUT2D eigenvalue weighted by Crippen LogP contribution is 2.26. The number of carbonyl (C=O) groups is 2. The first-order valence-electron chi connectivity index (χ1n) is 9.66. The van der Waals surface area contributed by atoms with Crippen molar-refractivity contribution < 1.29 is 24.2 Å². The summed E-state index contributed by atoms with van der Waals surface area (Å²) in [6, 6.07) is 18.7. The average Bonchev–Trinajstić information content (AvgIpc) is 2.73. The van der Waals surface area contributed by atoms with Gasteiger partial charge in [0.2, 0.25) is 0 Å². The summed E-state index contributed by atoms with van der Waals surface area (Å²) in [4.78, 5) is 23.8. The molecule has 0 aliphatic heterocycles. The third-order valence-corrected chi connectivity index (χ3v) is 4.82.